The van der Waals surface area contributed by atoms with Gasteiger partial charge in [-0.05, 0) is 42.3 Å². The molecule has 0 aliphatic heterocycles. The molecule has 0 atom stereocenters. The summed E-state index contributed by atoms with van der Waals surface area (Å²) in [5.74, 6) is 0. The van der Waals surface area contributed by atoms with Crippen molar-refractivity contribution in [3.63, 3.8) is 0 Å². The number of nitrogens with one attached hydrogen (secondary N) is 1. The molecule has 84 valence electrons. The number of hydrogen-bond acceptors (Lipinski definition) is 2. The van der Waals surface area contributed by atoms with Gasteiger partial charge in [0.25, 0.3) is 0 Å². The lowest BCUT2D eigenvalue weighted by molar-refractivity contribution is 0.774. The third-order valence-corrected chi connectivity index (χ3v) is 2.71. The molecule has 0 aliphatic rings. The van der Waals surface area contributed by atoms with E-state index in [2.05, 4.69) is 47.8 Å². The van der Waals surface area contributed by atoms with Crippen LogP contribution in [-0.2, 0) is 0 Å². The number of hydrogen-bond donors (Lipinski definition) is 2. The lowest BCUT2D eigenvalue weighted by atomic mass is 10.1. The lowest BCUT2D eigenvalue weighted by Crippen LogP contribution is -2.05. The molecule has 2 aromatic carbocycles. The summed E-state index contributed by atoms with van der Waals surface area (Å²) in [6.07, 6.45) is 2.21. The normalized spacial score (nSPS) is 10.6. The highest BCUT2D eigenvalue weighted by molar-refractivity contribution is 5.85. The molecule has 0 spiro atoms. The van der Waals surface area contributed by atoms with Crippen molar-refractivity contribution in [3.8, 4) is 0 Å². The maximum Gasteiger partial charge on any atom is 0.0346 e. The Kier molecular flexibility index (Phi) is 3.78. The number of anilines is 1. The Hall–Kier alpha value is -1.54. The summed E-state index contributed by atoms with van der Waals surface area (Å²) in [4.78, 5) is 0. The summed E-state index contributed by atoms with van der Waals surface area (Å²) in [5.41, 5.74) is 6.65. The molecule has 2 nitrogen and oxygen atoms in total. The number of fused-ring (bicyclic) bond motifs is 1. The van der Waals surface area contributed by atoms with Crippen LogP contribution in [0, 0.1) is 0 Å². The molecule has 2 heteroatoms. The van der Waals surface area contributed by atoms with Gasteiger partial charge < -0.3 is 11.1 Å². The molecule has 0 unspecified atom stereocenters. The Balaban J connectivity index is 2.02. The second-order valence-corrected chi connectivity index (χ2v) is 3.98. The molecule has 2 aromatic rings. The molecule has 0 aromatic heterocycles. The second kappa shape index (κ2) is 5.52. The molecule has 0 bridgehead atoms. The van der Waals surface area contributed by atoms with Crippen LogP contribution in [0.1, 0.15) is 12.8 Å². The number of unbranched alkanes of at least 4 members (excludes halogenated alkanes) is 1. The van der Waals surface area contributed by atoms with Crippen molar-refractivity contribution in [2.75, 3.05) is 18.4 Å². The van der Waals surface area contributed by atoms with Gasteiger partial charge in [0, 0.05) is 12.2 Å². The van der Waals surface area contributed by atoms with Crippen molar-refractivity contribution in [1.29, 1.82) is 0 Å². The van der Waals surface area contributed by atoms with Gasteiger partial charge in [-0.1, -0.05) is 30.3 Å². The van der Waals surface area contributed by atoms with Gasteiger partial charge in [0.2, 0.25) is 0 Å². The average molecular weight is 214 g/mol. The Labute approximate surface area is 96.5 Å². The molecule has 0 heterocycles. The van der Waals surface area contributed by atoms with Gasteiger partial charge in [-0.25, -0.2) is 0 Å². The van der Waals surface area contributed by atoms with Gasteiger partial charge in [0.05, 0.1) is 0 Å². The summed E-state index contributed by atoms with van der Waals surface area (Å²) in [6, 6.07) is 14.9. The summed E-state index contributed by atoms with van der Waals surface area (Å²) in [7, 11) is 0. The monoisotopic (exact) mass is 214 g/mol. The zero-order valence-corrected chi connectivity index (χ0v) is 9.45. The molecule has 2 rings (SSSR count). The average Bonchev–Trinajstić information content (AvgIpc) is 2.34. The van der Waals surface area contributed by atoms with E-state index in [1.807, 2.05) is 0 Å². The standard InChI is InChI=1S/C14H18N2/c15-9-3-4-10-16-14-8-7-12-5-1-2-6-13(12)11-14/h1-2,5-8,11,16H,3-4,9-10,15H2. The molecular weight excluding hydrogens is 196 g/mol. The van der Waals surface area contributed by atoms with Crippen LogP contribution < -0.4 is 11.1 Å². The Bertz CT molecular complexity index is 451. The second-order valence-electron chi connectivity index (χ2n) is 3.98. The fourth-order valence-corrected chi connectivity index (χ4v) is 1.80. The van der Waals surface area contributed by atoms with E-state index in [0.29, 0.717) is 0 Å². The summed E-state index contributed by atoms with van der Waals surface area (Å²) >= 11 is 0. The maximum absolute atomic E-state index is 5.45. The van der Waals surface area contributed by atoms with Gasteiger partial charge >= 0.3 is 0 Å². The highest BCUT2D eigenvalue weighted by atomic mass is 14.9. The Morgan fingerprint density at radius 2 is 1.75 bits per heavy atom. The van der Waals surface area contributed by atoms with Gasteiger partial charge in [-0.2, -0.15) is 0 Å². The van der Waals surface area contributed by atoms with E-state index in [1.54, 1.807) is 0 Å². The van der Waals surface area contributed by atoms with E-state index in [4.69, 9.17) is 5.73 Å². The first-order valence-corrected chi connectivity index (χ1v) is 5.83. The van der Waals surface area contributed by atoms with Crippen molar-refractivity contribution >= 4 is 16.5 Å². The highest BCUT2D eigenvalue weighted by Gasteiger charge is 1.94. The SMILES string of the molecule is NCCCCNc1ccc2ccccc2c1. The smallest absolute Gasteiger partial charge is 0.0346 e. The summed E-state index contributed by atoms with van der Waals surface area (Å²) in [6.45, 7) is 1.77. The number of benzene rings is 2. The Morgan fingerprint density at radius 3 is 2.56 bits per heavy atom. The zero-order chi connectivity index (χ0) is 11.2. The van der Waals surface area contributed by atoms with Gasteiger partial charge in [-0.3, -0.25) is 0 Å². The molecule has 0 saturated carbocycles. The van der Waals surface area contributed by atoms with Crippen LogP contribution in [-0.4, -0.2) is 13.1 Å². The van der Waals surface area contributed by atoms with Crippen molar-refractivity contribution in [1.82, 2.24) is 0 Å². The number of nitrogens with two attached hydrogens (primary N) is 1. The van der Waals surface area contributed by atoms with E-state index < -0.39 is 0 Å². The topological polar surface area (TPSA) is 38.0 Å². The fraction of sp³-hybridized carbons (Fsp3) is 0.286. The molecule has 16 heavy (non-hydrogen) atoms. The Morgan fingerprint density at radius 1 is 0.938 bits per heavy atom. The summed E-state index contributed by atoms with van der Waals surface area (Å²) in [5, 5.41) is 5.99. The molecule has 3 N–H and O–H groups in total. The van der Waals surface area contributed by atoms with Crippen LogP contribution >= 0.6 is 0 Å². The fourth-order valence-electron chi connectivity index (χ4n) is 1.80. The van der Waals surface area contributed by atoms with Crippen molar-refractivity contribution in [2.45, 2.75) is 12.8 Å². The van der Waals surface area contributed by atoms with Crippen LogP contribution in [0.3, 0.4) is 0 Å². The quantitative estimate of drug-likeness (QED) is 0.751. The van der Waals surface area contributed by atoms with Crippen LogP contribution in [0.25, 0.3) is 10.8 Å². The third-order valence-electron chi connectivity index (χ3n) is 2.71. The van der Waals surface area contributed by atoms with E-state index in [-0.39, 0.29) is 0 Å². The summed E-state index contributed by atoms with van der Waals surface area (Å²) < 4.78 is 0. The first-order valence-electron chi connectivity index (χ1n) is 5.83. The molecule has 0 amide bonds. The highest BCUT2D eigenvalue weighted by Crippen LogP contribution is 2.18. The van der Waals surface area contributed by atoms with Crippen LogP contribution in [0.5, 0.6) is 0 Å². The van der Waals surface area contributed by atoms with E-state index >= 15 is 0 Å². The van der Waals surface area contributed by atoms with Gasteiger partial charge in [0.15, 0.2) is 0 Å². The third kappa shape index (κ3) is 2.74. The minimum atomic E-state index is 0.777. The van der Waals surface area contributed by atoms with E-state index in [9.17, 15) is 0 Å². The lowest BCUT2D eigenvalue weighted by Gasteiger charge is -2.07. The molecule has 0 aliphatic carbocycles. The van der Waals surface area contributed by atoms with Crippen LogP contribution in [0.2, 0.25) is 0 Å². The molecule has 0 saturated heterocycles. The van der Waals surface area contributed by atoms with Gasteiger partial charge in [-0.15, -0.1) is 0 Å². The van der Waals surface area contributed by atoms with Crippen LogP contribution in [0.15, 0.2) is 42.5 Å². The van der Waals surface area contributed by atoms with Crippen LogP contribution in [0.4, 0.5) is 5.69 Å². The minimum Gasteiger partial charge on any atom is -0.385 e. The zero-order valence-electron chi connectivity index (χ0n) is 9.45. The van der Waals surface area contributed by atoms with E-state index in [0.717, 1.165) is 25.9 Å². The largest absolute Gasteiger partial charge is 0.385 e. The molecule has 0 fully saturated rings. The predicted molar refractivity (Wildman–Crippen MR) is 70.7 cm³/mol. The van der Waals surface area contributed by atoms with Crippen molar-refractivity contribution < 1.29 is 0 Å². The minimum absolute atomic E-state index is 0.777. The van der Waals surface area contributed by atoms with Crippen molar-refractivity contribution in [2.24, 2.45) is 5.73 Å². The first kappa shape index (κ1) is 11.0. The predicted octanol–water partition coefficient (Wildman–Crippen LogP) is 2.99. The maximum atomic E-state index is 5.45. The number of rotatable bonds is 5. The first-order chi connectivity index (χ1) is 7.90. The molecular formula is C14H18N2. The van der Waals surface area contributed by atoms with E-state index in [1.165, 1.54) is 16.5 Å². The molecule has 0 radical (unpaired) electrons. The van der Waals surface area contributed by atoms with Gasteiger partial charge in [0.1, 0.15) is 0 Å². The van der Waals surface area contributed by atoms with Crippen molar-refractivity contribution in [3.05, 3.63) is 42.5 Å².